The van der Waals surface area contributed by atoms with Gasteiger partial charge in [0.15, 0.2) is 0 Å². The van der Waals surface area contributed by atoms with Crippen LogP contribution in [0.4, 0.5) is 0 Å². The lowest BCUT2D eigenvalue weighted by Crippen LogP contribution is -2.46. The zero-order valence-electron chi connectivity index (χ0n) is 19.5. The van der Waals surface area contributed by atoms with Gasteiger partial charge < -0.3 is 14.8 Å². The Kier molecular flexibility index (Phi) is 7.11. The summed E-state index contributed by atoms with van der Waals surface area (Å²) in [6.07, 6.45) is 0.709. The highest BCUT2D eigenvalue weighted by molar-refractivity contribution is 6.30. The van der Waals surface area contributed by atoms with Crippen LogP contribution in [-0.4, -0.2) is 31.1 Å². The molecule has 1 heterocycles. The van der Waals surface area contributed by atoms with Gasteiger partial charge in [0.25, 0.3) is 5.91 Å². The molecule has 32 heavy (non-hydrogen) atoms. The van der Waals surface area contributed by atoms with Crippen molar-refractivity contribution in [2.75, 3.05) is 13.7 Å². The quantitative estimate of drug-likeness (QED) is 0.573. The molecule has 0 radical (unpaired) electrons. The fraction of sp³-hybridized carbons (Fsp3) is 0.385. The second-order valence-corrected chi connectivity index (χ2v) is 9.12. The third kappa shape index (κ3) is 4.59. The maximum atomic E-state index is 13.2. The zero-order valence-corrected chi connectivity index (χ0v) is 20.2. The number of hydrogen-bond acceptors (Lipinski definition) is 4. The lowest BCUT2D eigenvalue weighted by Gasteiger charge is -2.26. The molecule has 1 aliphatic rings. The number of rotatable bonds is 7. The van der Waals surface area contributed by atoms with Crippen LogP contribution in [0.25, 0.3) is 16.7 Å². The molecular weight excluding hydrogens is 426 g/mol. The first-order valence-corrected chi connectivity index (χ1v) is 11.2. The van der Waals surface area contributed by atoms with E-state index >= 15 is 0 Å². The lowest BCUT2D eigenvalue weighted by molar-refractivity contribution is -0.144. The van der Waals surface area contributed by atoms with Crippen molar-refractivity contribution in [1.82, 2.24) is 5.32 Å². The number of ether oxygens (including phenoxy) is 2. The van der Waals surface area contributed by atoms with Gasteiger partial charge in [0.05, 0.1) is 18.1 Å². The van der Waals surface area contributed by atoms with Crippen molar-refractivity contribution < 1.29 is 19.1 Å². The standard InChI is InChI=1S/C26H30ClNO4/c1-7-17-13-19(18-8-10-20(27)11-9-18)12-16(4)21(17)22-23(32-25(30)15(2)3)26(5,14-31-6)28-24(22)29/h8-13,15H,7,14H2,1-6H3,(H,28,29). The summed E-state index contributed by atoms with van der Waals surface area (Å²) in [6.45, 7) is 9.56. The van der Waals surface area contributed by atoms with Crippen LogP contribution < -0.4 is 5.32 Å². The van der Waals surface area contributed by atoms with E-state index in [-0.39, 0.29) is 24.4 Å². The maximum absolute atomic E-state index is 13.2. The molecule has 1 N–H and O–H groups in total. The molecule has 0 fully saturated rings. The van der Waals surface area contributed by atoms with E-state index < -0.39 is 5.54 Å². The van der Waals surface area contributed by atoms with E-state index in [0.717, 1.165) is 27.8 Å². The van der Waals surface area contributed by atoms with Gasteiger partial charge in [0.1, 0.15) is 11.3 Å². The molecule has 0 saturated carbocycles. The molecule has 2 aromatic rings. The largest absolute Gasteiger partial charge is 0.427 e. The number of hydrogen-bond donors (Lipinski definition) is 1. The Labute approximate surface area is 194 Å². The molecule has 5 nitrogen and oxygen atoms in total. The topological polar surface area (TPSA) is 64.6 Å². The normalized spacial score (nSPS) is 18.3. The molecule has 3 rings (SSSR count). The first-order valence-electron chi connectivity index (χ1n) is 10.8. The summed E-state index contributed by atoms with van der Waals surface area (Å²) in [7, 11) is 1.56. The number of carbonyl (C=O) groups excluding carboxylic acids is 2. The van der Waals surface area contributed by atoms with Gasteiger partial charge in [-0.15, -0.1) is 0 Å². The van der Waals surface area contributed by atoms with E-state index in [1.807, 2.05) is 51.1 Å². The average Bonchev–Trinajstić information content (AvgIpc) is 2.97. The van der Waals surface area contributed by atoms with Gasteiger partial charge in [-0.05, 0) is 60.2 Å². The van der Waals surface area contributed by atoms with Crippen molar-refractivity contribution in [1.29, 1.82) is 0 Å². The fourth-order valence-corrected chi connectivity index (χ4v) is 4.18. The third-order valence-electron chi connectivity index (χ3n) is 5.68. The van der Waals surface area contributed by atoms with Crippen molar-refractivity contribution in [2.24, 2.45) is 5.92 Å². The molecule has 1 atom stereocenters. The van der Waals surface area contributed by atoms with Gasteiger partial charge in [-0.3, -0.25) is 9.59 Å². The first kappa shape index (κ1) is 24.0. The minimum absolute atomic E-state index is 0.187. The lowest BCUT2D eigenvalue weighted by atomic mass is 9.88. The van der Waals surface area contributed by atoms with Crippen LogP contribution in [0.2, 0.25) is 5.02 Å². The van der Waals surface area contributed by atoms with Gasteiger partial charge in [0, 0.05) is 12.1 Å². The molecule has 1 unspecified atom stereocenters. The number of halogens is 1. The number of benzene rings is 2. The van der Waals surface area contributed by atoms with Gasteiger partial charge in [-0.2, -0.15) is 0 Å². The number of carbonyl (C=O) groups is 2. The number of amides is 1. The van der Waals surface area contributed by atoms with Gasteiger partial charge in [-0.1, -0.05) is 56.6 Å². The van der Waals surface area contributed by atoms with Crippen LogP contribution in [0, 0.1) is 12.8 Å². The maximum Gasteiger partial charge on any atom is 0.313 e. The highest BCUT2D eigenvalue weighted by Crippen LogP contribution is 2.39. The molecule has 0 aromatic heterocycles. The molecule has 6 heteroatoms. The Balaban J connectivity index is 2.22. The number of aryl methyl sites for hydroxylation is 2. The Hall–Kier alpha value is -2.63. The van der Waals surface area contributed by atoms with Crippen molar-refractivity contribution in [3.05, 3.63) is 63.9 Å². The molecule has 0 aliphatic carbocycles. The number of nitrogens with one attached hydrogen (secondary N) is 1. The van der Waals surface area contributed by atoms with E-state index in [9.17, 15) is 9.59 Å². The minimum atomic E-state index is -0.933. The number of methoxy groups -OCH3 is 1. The Morgan fingerprint density at radius 2 is 1.81 bits per heavy atom. The highest BCUT2D eigenvalue weighted by Gasteiger charge is 2.46. The molecular formula is C26H30ClNO4. The second kappa shape index (κ2) is 9.47. The average molecular weight is 456 g/mol. The molecule has 0 spiro atoms. The fourth-order valence-electron chi connectivity index (χ4n) is 4.05. The van der Waals surface area contributed by atoms with Crippen molar-refractivity contribution in [3.63, 3.8) is 0 Å². The van der Waals surface area contributed by atoms with Gasteiger partial charge in [-0.25, -0.2) is 0 Å². The third-order valence-corrected chi connectivity index (χ3v) is 5.93. The monoisotopic (exact) mass is 455 g/mol. The summed E-state index contributed by atoms with van der Waals surface area (Å²) in [5, 5.41) is 3.66. The van der Waals surface area contributed by atoms with Gasteiger partial charge >= 0.3 is 5.97 Å². The summed E-state index contributed by atoms with van der Waals surface area (Å²) >= 11 is 6.05. The predicted molar refractivity (Wildman–Crippen MR) is 127 cm³/mol. The summed E-state index contributed by atoms with van der Waals surface area (Å²) in [6, 6.07) is 11.8. The van der Waals surface area contributed by atoms with Crippen LogP contribution in [-0.2, 0) is 25.5 Å². The summed E-state index contributed by atoms with van der Waals surface area (Å²) < 4.78 is 11.2. The van der Waals surface area contributed by atoms with Crippen molar-refractivity contribution in [3.8, 4) is 11.1 Å². The Morgan fingerprint density at radius 1 is 1.16 bits per heavy atom. The smallest absolute Gasteiger partial charge is 0.313 e. The summed E-state index contributed by atoms with van der Waals surface area (Å²) in [5.74, 6) is -0.664. The van der Waals surface area contributed by atoms with E-state index in [0.29, 0.717) is 22.8 Å². The van der Waals surface area contributed by atoms with Crippen LogP contribution in [0.15, 0.2) is 42.2 Å². The minimum Gasteiger partial charge on any atom is -0.427 e. The van der Waals surface area contributed by atoms with Gasteiger partial charge in [0.2, 0.25) is 0 Å². The highest BCUT2D eigenvalue weighted by atomic mass is 35.5. The summed E-state index contributed by atoms with van der Waals surface area (Å²) in [5.41, 5.74) is 4.28. The van der Waals surface area contributed by atoms with Crippen LogP contribution in [0.1, 0.15) is 44.4 Å². The zero-order chi connectivity index (χ0) is 23.6. The Bertz CT molecular complexity index is 1070. The SMILES string of the molecule is CCc1cc(-c2ccc(Cl)cc2)cc(C)c1C1=C(OC(=O)C(C)C)C(C)(COC)NC1=O. The first-order chi connectivity index (χ1) is 15.1. The number of esters is 1. The predicted octanol–water partition coefficient (Wildman–Crippen LogP) is 5.32. The molecule has 1 amide bonds. The molecule has 2 aromatic carbocycles. The van der Waals surface area contributed by atoms with E-state index in [2.05, 4.69) is 11.4 Å². The van der Waals surface area contributed by atoms with Crippen LogP contribution in [0.3, 0.4) is 0 Å². The molecule has 170 valence electrons. The summed E-state index contributed by atoms with van der Waals surface area (Å²) in [4.78, 5) is 25.7. The Morgan fingerprint density at radius 3 is 2.38 bits per heavy atom. The van der Waals surface area contributed by atoms with Crippen molar-refractivity contribution in [2.45, 2.75) is 46.6 Å². The van der Waals surface area contributed by atoms with E-state index in [1.165, 1.54) is 0 Å². The molecule has 0 saturated heterocycles. The van der Waals surface area contributed by atoms with Crippen LogP contribution in [0.5, 0.6) is 0 Å². The van der Waals surface area contributed by atoms with Crippen molar-refractivity contribution >= 4 is 29.1 Å². The van der Waals surface area contributed by atoms with E-state index in [1.54, 1.807) is 21.0 Å². The molecule has 1 aliphatic heterocycles. The van der Waals surface area contributed by atoms with E-state index in [4.69, 9.17) is 21.1 Å². The van der Waals surface area contributed by atoms with Crippen LogP contribution >= 0.6 is 11.6 Å². The molecule has 0 bridgehead atoms. The second-order valence-electron chi connectivity index (χ2n) is 8.69.